The topological polar surface area (TPSA) is 55.1 Å². The zero-order chi connectivity index (χ0) is 18.6. The van der Waals surface area contributed by atoms with Gasteiger partial charge in [-0.2, -0.15) is 0 Å². The van der Waals surface area contributed by atoms with E-state index in [4.69, 9.17) is 4.52 Å². The van der Waals surface area contributed by atoms with Crippen LogP contribution in [0.2, 0.25) is 0 Å². The van der Waals surface area contributed by atoms with E-state index in [1.807, 2.05) is 13.8 Å². The number of carbonyl (C=O) groups excluding carboxylic acids is 1. The Labute approximate surface area is 154 Å². The van der Waals surface area contributed by atoms with E-state index >= 15 is 0 Å². The number of benzene rings is 1. The van der Waals surface area contributed by atoms with E-state index < -0.39 is 0 Å². The standard InChI is InChI=1S/C20H28N2O2S/c1-12(2)16-8-7-9-17(13(3)4)20(16)21-19(23)11-25-10-18-14(5)22-24-15(18)6/h7-9,12-13H,10-11H2,1-6H3,(H,21,23). The second-order valence-electron chi connectivity index (χ2n) is 6.96. The summed E-state index contributed by atoms with van der Waals surface area (Å²) in [7, 11) is 0. The quantitative estimate of drug-likeness (QED) is 0.717. The van der Waals surface area contributed by atoms with Crippen molar-refractivity contribution in [1.29, 1.82) is 0 Å². The summed E-state index contributed by atoms with van der Waals surface area (Å²) in [6.45, 7) is 12.5. The first-order chi connectivity index (χ1) is 11.8. The molecule has 2 rings (SSSR count). The Hall–Kier alpha value is -1.75. The highest BCUT2D eigenvalue weighted by atomic mass is 32.2. The lowest BCUT2D eigenvalue weighted by atomic mass is 9.92. The molecule has 2 aromatic rings. The highest BCUT2D eigenvalue weighted by Gasteiger charge is 2.16. The van der Waals surface area contributed by atoms with Crippen molar-refractivity contribution in [3.05, 3.63) is 46.3 Å². The monoisotopic (exact) mass is 360 g/mol. The van der Waals surface area contributed by atoms with E-state index in [0.29, 0.717) is 17.6 Å². The Kier molecular flexibility index (Phi) is 6.71. The van der Waals surface area contributed by atoms with Gasteiger partial charge < -0.3 is 9.84 Å². The van der Waals surface area contributed by atoms with Crippen LogP contribution in [-0.2, 0) is 10.5 Å². The molecule has 1 amide bonds. The fraction of sp³-hybridized carbons (Fsp3) is 0.500. The van der Waals surface area contributed by atoms with Crippen molar-refractivity contribution in [3.63, 3.8) is 0 Å². The van der Waals surface area contributed by atoms with E-state index in [1.54, 1.807) is 11.8 Å². The number of carbonyl (C=O) groups is 1. The summed E-state index contributed by atoms with van der Waals surface area (Å²) in [5, 5.41) is 7.11. The van der Waals surface area contributed by atoms with Gasteiger partial charge in [0.15, 0.2) is 0 Å². The van der Waals surface area contributed by atoms with Crippen LogP contribution >= 0.6 is 11.8 Å². The molecule has 0 radical (unpaired) electrons. The van der Waals surface area contributed by atoms with Crippen molar-refractivity contribution in [3.8, 4) is 0 Å². The molecule has 25 heavy (non-hydrogen) atoms. The number of amides is 1. The SMILES string of the molecule is Cc1noc(C)c1CSCC(=O)Nc1c(C(C)C)cccc1C(C)C. The number of anilines is 1. The molecule has 0 saturated heterocycles. The van der Waals surface area contributed by atoms with Crippen molar-refractivity contribution in [2.45, 2.75) is 59.1 Å². The first-order valence-electron chi connectivity index (χ1n) is 8.73. The number of para-hydroxylation sites is 1. The fourth-order valence-electron chi connectivity index (χ4n) is 2.82. The van der Waals surface area contributed by atoms with Crippen LogP contribution < -0.4 is 5.32 Å². The number of aromatic nitrogens is 1. The largest absolute Gasteiger partial charge is 0.361 e. The maximum absolute atomic E-state index is 12.5. The van der Waals surface area contributed by atoms with Gasteiger partial charge in [-0.05, 0) is 36.8 Å². The summed E-state index contributed by atoms with van der Waals surface area (Å²) >= 11 is 1.58. The van der Waals surface area contributed by atoms with Crippen molar-refractivity contribution >= 4 is 23.4 Å². The van der Waals surface area contributed by atoms with Gasteiger partial charge >= 0.3 is 0 Å². The average Bonchev–Trinajstić information content (AvgIpc) is 2.86. The second-order valence-corrected chi connectivity index (χ2v) is 7.95. The molecular weight excluding hydrogens is 332 g/mol. The summed E-state index contributed by atoms with van der Waals surface area (Å²) in [6, 6.07) is 6.28. The minimum atomic E-state index is 0.0340. The molecule has 136 valence electrons. The molecule has 5 heteroatoms. The summed E-state index contributed by atoms with van der Waals surface area (Å²) in [4.78, 5) is 12.5. The van der Waals surface area contributed by atoms with Crippen LogP contribution in [0, 0.1) is 13.8 Å². The lowest BCUT2D eigenvalue weighted by Crippen LogP contribution is -2.17. The normalized spacial score (nSPS) is 11.4. The maximum Gasteiger partial charge on any atom is 0.234 e. The first kappa shape index (κ1) is 19.6. The third kappa shape index (κ3) is 4.88. The first-order valence-corrected chi connectivity index (χ1v) is 9.88. The van der Waals surface area contributed by atoms with E-state index in [9.17, 15) is 4.79 Å². The minimum absolute atomic E-state index is 0.0340. The average molecular weight is 361 g/mol. The smallest absolute Gasteiger partial charge is 0.234 e. The molecule has 0 saturated carbocycles. The predicted octanol–water partition coefficient (Wildman–Crippen LogP) is 5.41. The minimum Gasteiger partial charge on any atom is -0.361 e. The number of nitrogens with one attached hydrogen (secondary N) is 1. The van der Waals surface area contributed by atoms with Crippen LogP contribution in [0.4, 0.5) is 5.69 Å². The van der Waals surface area contributed by atoms with Gasteiger partial charge in [-0.1, -0.05) is 51.1 Å². The zero-order valence-electron chi connectivity index (χ0n) is 16.0. The molecule has 0 fully saturated rings. The fourth-order valence-corrected chi connectivity index (χ4v) is 3.80. The molecule has 1 aromatic heterocycles. The third-order valence-corrected chi connectivity index (χ3v) is 5.26. The van der Waals surface area contributed by atoms with E-state index in [0.717, 1.165) is 28.5 Å². The number of aryl methyl sites for hydroxylation is 2. The van der Waals surface area contributed by atoms with Crippen molar-refractivity contribution in [2.24, 2.45) is 0 Å². The molecule has 0 aliphatic rings. The highest BCUT2D eigenvalue weighted by molar-refractivity contribution is 7.99. The highest BCUT2D eigenvalue weighted by Crippen LogP contribution is 2.32. The van der Waals surface area contributed by atoms with Crippen LogP contribution in [0.15, 0.2) is 22.7 Å². The van der Waals surface area contributed by atoms with Crippen molar-refractivity contribution in [2.75, 3.05) is 11.1 Å². The van der Waals surface area contributed by atoms with Gasteiger partial charge in [-0.3, -0.25) is 4.79 Å². The van der Waals surface area contributed by atoms with Gasteiger partial charge in [0.2, 0.25) is 5.91 Å². The van der Waals surface area contributed by atoms with Gasteiger partial charge in [0, 0.05) is 17.0 Å². The number of hydrogen-bond acceptors (Lipinski definition) is 4. The van der Waals surface area contributed by atoms with E-state index in [1.165, 1.54) is 11.1 Å². The Morgan fingerprint density at radius 2 is 1.76 bits per heavy atom. The summed E-state index contributed by atoms with van der Waals surface area (Å²) < 4.78 is 5.17. The summed E-state index contributed by atoms with van der Waals surface area (Å²) in [5.41, 5.74) is 5.35. The molecule has 1 N–H and O–H groups in total. The van der Waals surface area contributed by atoms with Gasteiger partial charge in [0.1, 0.15) is 5.76 Å². The third-order valence-electron chi connectivity index (χ3n) is 4.30. The zero-order valence-corrected chi connectivity index (χ0v) is 16.8. The van der Waals surface area contributed by atoms with E-state index in [-0.39, 0.29) is 5.91 Å². The van der Waals surface area contributed by atoms with Crippen LogP contribution in [0.3, 0.4) is 0 Å². The van der Waals surface area contributed by atoms with Crippen molar-refractivity contribution < 1.29 is 9.32 Å². The molecule has 0 unspecified atom stereocenters. The number of nitrogens with zero attached hydrogens (tertiary/aromatic N) is 1. The number of hydrogen-bond donors (Lipinski definition) is 1. The molecule has 1 heterocycles. The molecular formula is C20H28N2O2S. The maximum atomic E-state index is 12.5. The summed E-state index contributed by atoms with van der Waals surface area (Å²) in [5.74, 6) is 2.74. The van der Waals surface area contributed by atoms with Crippen LogP contribution in [0.25, 0.3) is 0 Å². The Balaban J connectivity index is 2.05. The lowest BCUT2D eigenvalue weighted by Gasteiger charge is -2.20. The van der Waals surface area contributed by atoms with Gasteiger partial charge in [-0.25, -0.2) is 0 Å². The van der Waals surface area contributed by atoms with Crippen LogP contribution in [0.1, 0.15) is 67.7 Å². The Morgan fingerprint density at radius 1 is 1.16 bits per heavy atom. The van der Waals surface area contributed by atoms with Gasteiger partial charge in [-0.15, -0.1) is 11.8 Å². The molecule has 4 nitrogen and oxygen atoms in total. The lowest BCUT2D eigenvalue weighted by molar-refractivity contribution is -0.113. The molecule has 1 aromatic carbocycles. The molecule has 0 spiro atoms. The summed E-state index contributed by atoms with van der Waals surface area (Å²) in [6.07, 6.45) is 0. The molecule has 0 aliphatic heterocycles. The number of rotatable bonds is 7. The van der Waals surface area contributed by atoms with Crippen molar-refractivity contribution in [1.82, 2.24) is 5.16 Å². The number of thioether (sulfide) groups is 1. The van der Waals surface area contributed by atoms with E-state index in [2.05, 4.69) is 56.4 Å². The molecule has 0 aliphatic carbocycles. The van der Waals surface area contributed by atoms with Gasteiger partial charge in [0.05, 0.1) is 11.4 Å². The predicted molar refractivity (Wildman–Crippen MR) is 105 cm³/mol. The van der Waals surface area contributed by atoms with Crippen LogP contribution in [-0.4, -0.2) is 16.8 Å². The van der Waals surface area contributed by atoms with Crippen LogP contribution in [0.5, 0.6) is 0 Å². The molecule has 0 bridgehead atoms. The van der Waals surface area contributed by atoms with Gasteiger partial charge in [0.25, 0.3) is 0 Å². The molecule has 0 atom stereocenters. The second kappa shape index (κ2) is 8.56. The Bertz CT molecular complexity index is 690. The Morgan fingerprint density at radius 3 is 2.24 bits per heavy atom.